The van der Waals surface area contributed by atoms with Gasteiger partial charge in [-0.3, -0.25) is 9.78 Å². The SMILES string of the molecule is O=C(c1cccnc1)N1CCN(c2ccc(OCC3COC(c4ccc(Cl)cc4Cl)O3)cc2)CC1. The van der Waals surface area contributed by atoms with Gasteiger partial charge in [0.1, 0.15) is 18.5 Å². The van der Waals surface area contributed by atoms with Crippen LogP contribution in [0.4, 0.5) is 5.69 Å². The predicted molar refractivity (Wildman–Crippen MR) is 134 cm³/mol. The molecule has 182 valence electrons. The second-order valence-corrected chi connectivity index (χ2v) is 9.26. The third kappa shape index (κ3) is 5.70. The number of carbonyl (C=O) groups excluding carboxylic acids is 1. The molecule has 2 aliphatic rings. The molecule has 0 bridgehead atoms. The van der Waals surface area contributed by atoms with Gasteiger partial charge in [-0.05, 0) is 48.5 Å². The van der Waals surface area contributed by atoms with E-state index in [0.717, 1.165) is 30.1 Å². The van der Waals surface area contributed by atoms with Gasteiger partial charge in [-0.1, -0.05) is 29.3 Å². The van der Waals surface area contributed by atoms with Gasteiger partial charge >= 0.3 is 0 Å². The summed E-state index contributed by atoms with van der Waals surface area (Å²) in [5.74, 6) is 0.788. The molecule has 2 unspecified atom stereocenters. The number of hydrogen-bond donors (Lipinski definition) is 0. The van der Waals surface area contributed by atoms with Crippen LogP contribution in [0.2, 0.25) is 10.0 Å². The van der Waals surface area contributed by atoms with E-state index in [1.165, 1.54) is 0 Å². The first-order valence-electron chi connectivity index (χ1n) is 11.5. The van der Waals surface area contributed by atoms with Gasteiger partial charge in [0, 0.05) is 54.8 Å². The lowest BCUT2D eigenvalue weighted by Gasteiger charge is -2.36. The van der Waals surface area contributed by atoms with Crippen molar-refractivity contribution < 1.29 is 19.0 Å². The average molecular weight is 514 g/mol. The Hall–Kier alpha value is -2.84. The van der Waals surface area contributed by atoms with E-state index in [0.29, 0.717) is 41.9 Å². The monoisotopic (exact) mass is 513 g/mol. The highest BCUT2D eigenvalue weighted by molar-refractivity contribution is 6.35. The molecule has 0 radical (unpaired) electrons. The number of piperazine rings is 1. The van der Waals surface area contributed by atoms with Crippen molar-refractivity contribution in [2.75, 3.05) is 44.3 Å². The summed E-state index contributed by atoms with van der Waals surface area (Å²) in [7, 11) is 0. The maximum absolute atomic E-state index is 12.6. The number of aromatic nitrogens is 1. The molecule has 0 saturated carbocycles. The first-order chi connectivity index (χ1) is 17.1. The molecule has 2 saturated heterocycles. The second-order valence-electron chi connectivity index (χ2n) is 8.42. The fraction of sp³-hybridized carbons (Fsp3) is 0.308. The molecule has 2 atom stereocenters. The van der Waals surface area contributed by atoms with Gasteiger partial charge in [-0.2, -0.15) is 0 Å². The number of anilines is 1. The number of pyridine rings is 1. The number of carbonyl (C=O) groups is 1. The van der Waals surface area contributed by atoms with Crippen LogP contribution in [0.15, 0.2) is 67.0 Å². The van der Waals surface area contributed by atoms with Crippen molar-refractivity contribution in [1.82, 2.24) is 9.88 Å². The van der Waals surface area contributed by atoms with Crippen LogP contribution in [0.5, 0.6) is 5.75 Å². The Morgan fingerprint density at radius 1 is 1.06 bits per heavy atom. The van der Waals surface area contributed by atoms with Crippen LogP contribution >= 0.6 is 23.2 Å². The molecular weight excluding hydrogens is 489 g/mol. The minimum Gasteiger partial charge on any atom is -0.491 e. The minimum atomic E-state index is -0.528. The van der Waals surface area contributed by atoms with Crippen LogP contribution in [0.1, 0.15) is 22.2 Å². The largest absolute Gasteiger partial charge is 0.491 e. The van der Waals surface area contributed by atoms with Crippen LogP contribution < -0.4 is 9.64 Å². The molecule has 35 heavy (non-hydrogen) atoms. The van der Waals surface area contributed by atoms with Gasteiger partial charge in [0.25, 0.3) is 5.91 Å². The summed E-state index contributed by atoms with van der Waals surface area (Å²) < 4.78 is 17.6. The van der Waals surface area contributed by atoms with E-state index in [2.05, 4.69) is 9.88 Å². The molecule has 7 nitrogen and oxygen atoms in total. The normalized spacial score (nSPS) is 20.2. The van der Waals surface area contributed by atoms with Crippen molar-refractivity contribution in [3.05, 3.63) is 88.2 Å². The maximum atomic E-state index is 12.6. The molecule has 3 aromatic rings. The van der Waals surface area contributed by atoms with Crippen molar-refractivity contribution >= 4 is 34.8 Å². The highest BCUT2D eigenvalue weighted by atomic mass is 35.5. The number of halogens is 2. The summed E-state index contributed by atoms with van der Waals surface area (Å²) in [6.45, 7) is 3.68. The number of benzene rings is 2. The van der Waals surface area contributed by atoms with E-state index in [1.807, 2.05) is 35.2 Å². The van der Waals surface area contributed by atoms with Gasteiger partial charge in [0.15, 0.2) is 6.29 Å². The van der Waals surface area contributed by atoms with Gasteiger partial charge in [-0.15, -0.1) is 0 Å². The Bertz CT molecular complexity index is 1160. The summed E-state index contributed by atoms with van der Waals surface area (Å²) in [5.41, 5.74) is 2.48. The van der Waals surface area contributed by atoms with Crippen LogP contribution in [-0.4, -0.2) is 61.3 Å². The van der Waals surface area contributed by atoms with Gasteiger partial charge in [0.05, 0.1) is 17.2 Å². The van der Waals surface area contributed by atoms with Gasteiger partial charge in [0.2, 0.25) is 0 Å². The summed E-state index contributed by atoms with van der Waals surface area (Å²) in [4.78, 5) is 20.8. The standard InChI is InChI=1S/C26H25Cl2N3O4/c27-19-3-8-23(24(28)14-19)26-34-17-22(35-26)16-33-21-6-4-20(5-7-21)30-10-12-31(13-11-30)25(32)18-2-1-9-29-15-18/h1-9,14-15,22,26H,10-13,16-17H2. The topological polar surface area (TPSA) is 64.1 Å². The van der Waals surface area contributed by atoms with Crippen LogP contribution in [0, 0.1) is 0 Å². The zero-order valence-corrected chi connectivity index (χ0v) is 20.5. The second kappa shape index (κ2) is 10.8. The molecule has 1 amide bonds. The Morgan fingerprint density at radius 2 is 1.86 bits per heavy atom. The zero-order valence-electron chi connectivity index (χ0n) is 19.0. The molecular formula is C26H25Cl2N3O4. The highest BCUT2D eigenvalue weighted by Crippen LogP contribution is 2.33. The smallest absolute Gasteiger partial charge is 0.255 e. The summed E-state index contributed by atoms with van der Waals surface area (Å²) >= 11 is 12.2. The lowest BCUT2D eigenvalue weighted by molar-refractivity contribution is -0.0658. The van der Waals surface area contributed by atoms with E-state index in [-0.39, 0.29) is 12.0 Å². The third-order valence-electron chi connectivity index (χ3n) is 6.08. The molecule has 2 aromatic carbocycles. The van der Waals surface area contributed by atoms with Gasteiger partial charge < -0.3 is 24.0 Å². The molecule has 2 fully saturated rings. The van der Waals surface area contributed by atoms with Crippen LogP contribution in [0.25, 0.3) is 0 Å². The van der Waals surface area contributed by atoms with E-state index in [4.69, 9.17) is 37.4 Å². The summed E-state index contributed by atoms with van der Waals surface area (Å²) in [6.07, 6.45) is 2.56. The Labute approximate surface area is 214 Å². The van der Waals surface area contributed by atoms with E-state index < -0.39 is 6.29 Å². The number of rotatable bonds is 6. The highest BCUT2D eigenvalue weighted by Gasteiger charge is 2.29. The summed E-state index contributed by atoms with van der Waals surface area (Å²) in [5, 5.41) is 1.09. The average Bonchev–Trinajstić information content (AvgIpc) is 3.37. The lowest BCUT2D eigenvalue weighted by Crippen LogP contribution is -2.48. The molecule has 0 aliphatic carbocycles. The van der Waals surface area contributed by atoms with Crippen molar-refractivity contribution in [3.8, 4) is 5.75 Å². The number of amides is 1. The fourth-order valence-electron chi connectivity index (χ4n) is 4.17. The maximum Gasteiger partial charge on any atom is 0.255 e. The third-order valence-corrected chi connectivity index (χ3v) is 6.64. The lowest BCUT2D eigenvalue weighted by atomic mass is 10.2. The molecule has 0 spiro atoms. The number of hydrogen-bond acceptors (Lipinski definition) is 6. The molecule has 1 aromatic heterocycles. The predicted octanol–water partition coefficient (Wildman–Crippen LogP) is 4.84. The van der Waals surface area contributed by atoms with Gasteiger partial charge in [-0.25, -0.2) is 0 Å². The van der Waals surface area contributed by atoms with E-state index in [9.17, 15) is 4.79 Å². The molecule has 2 aliphatic heterocycles. The van der Waals surface area contributed by atoms with Crippen molar-refractivity contribution in [2.24, 2.45) is 0 Å². The van der Waals surface area contributed by atoms with Crippen LogP contribution in [-0.2, 0) is 9.47 Å². The molecule has 3 heterocycles. The first kappa shape index (κ1) is 23.9. The van der Waals surface area contributed by atoms with Crippen molar-refractivity contribution in [1.29, 1.82) is 0 Å². The molecule has 5 rings (SSSR count). The first-order valence-corrected chi connectivity index (χ1v) is 12.2. The fourth-order valence-corrected chi connectivity index (χ4v) is 4.67. The van der Waals surface area contributed by atoms with E-state index in [1.54, 1.807) is 36.7 Å². The minimum absolute atomic E-state index is 0.0279. The Kier molecular flexibility index (Phi) is 7.39. The van der Waals surface area contributed by atoms with Crippen molar-refractivity contribution in [3.63, 3.8) is 0 Å². The molecule has 0 N–H and O–H groups in total. The molecule has 9 heteroatoms. The Morgan fingerprint density at radius 3 is 2.57 bits per heavy atom. The number of ether oxygens (including phenoxy) is 3. The quantitative estimate of drug-likeness (QED) is 0.469. The van der Waals surface area contributed by atoms with E-state index >= 15 is 0 Å². The van der Waals surface area contributed by atoms with Crippen molar-refractivity contribution in [2.45, 2.75) is 12.4 Å². The zero-order chi connectivity index (χ0) is 24.2. The number of nitrogens with zero attached hydrogens (tertiary/aromatic N) is 3. The Balaban J connectivity index is 1.09. The van der Waals surface area contributed by atoms with Crippen LogP contribution in [0.3, 0.4) is 0 Å². The summed E-state index contributed by atoms with van der Waals surface area (Å²) in [6, 6.07) is 16.8.